The first kappa shape index (κ1) is 10.9. The summed E-state index contributed by atoms with van der Waals surface area (Å²) in [6.45, 7) is 0. The van der Waals surface area contributed by atoms with E-state index in [-0.39, 0.29) is 0 Å². The number of rotatable bonds is 2. The molecule has 0 saturated carbocycles. The quantitative estimate of drug-likeness (QED) is 0.517. The van der Waals surface area contributed by atoms with Crippen LogP contribution < -0.4 is 10.6 Å². The van der Waals surface area contributed by atoms with E-state index >= 15 is 0 Å². The largest absolute Gasteiger partial charge is 0.387 e. The van der Waals surface area contributed by atoms with Gasteiger partial charge in [-0.2, -0.15) is 0 Å². The van der Waals surface area contributed by atoms with Crippen molar-refractivity contribution in [3.05, 3.63) is 48.5 Å². The van der Waals surface area contributed by atoms with Crippen molar-refractivity contribution < 1.29 is 0 Å². The average molecular weight is 236 g/mol. The fourth-order valence-corrected chi connectivity index (χ4v) is 2.67. The van der Waals surface area contributed by atoms with Crippen LogP contribution in [0.2, 0.25) is 0 Å². The van der Waals surface area contributed by atoms with Crippen molar-refractivity contribution in [2.45, 2.75) is 0 Å². The maximum atomic E-state index is 3.34. The minimum Gasteiger partial charge on any atom is -0.387 e. The number of hydrogen-bond donors (Lipinski definition) is 2. The summed E-state index contributed by atoms with van der Waals surface area (Å²) in [7, 11) is 3.96. The lowest BCUT2D eigenvalue weighted by Crippen LogP contribution is -1.96. The number of nitrogens with one attached hydrogen (secondary N) is 2. The van der Waals surface area contributed by atoms with Gasteiger partial charge in [0.25, 0.3) is 0 Å². The highest BCUT2D eigenvalue weighted by Gasteiger charge is 2.10. The molecular formula is C16H16N2. The molecule has 0 atom stereocenters. The first-order valence-corrected chi connectivity index (χ1v) is 6.15. The Balaban J connectivity index is 2.61. The highest BCUT2D eigenvalue weighted by molar-refractivity contribution is 6.19. The first-order valence-electron chi connectivity index (χ1n) is 6.15. The molecule has 2 N–H and O–H groups in total. The minimum absolute atomic E-state index is 1.19. The third-order valence-corrected chi connectivity index (χ3v) is 3.43. The fraction of sp³-hybridized carbons (Fsp3) is 0.125. The van der Waals surface area contributed by atoms with E-state index in [0.29, 0.717) is 0 Å². The topological polar surface area (TPSA) is 24.1 Å². The molecule has 2 nitrogen and oxygen atoms in total. The van der Waals surface area contributed by atoms with Crippen LogP contribution in [0.5, 0.6) is 0 Å². The van der Waals surface area contributed by atoms with E-state index in [2.05, 4.69) is 59.2 Å². The molecule has 0 bridgehead atoms. The summed E-state index contributed by atoms with van der Waals surface area (Å²) in [4.78, 5) is 0. The van der Waals surface area contributed by atoms with Crippen LogP contribution in [0.3, 0.4) is 0 Å². The molecule has 0 spiro atoms. The van der Waals surface area contributed by atoms with Crippen LogP contribution in [-0.2, 0) is 0 Å². The summed E-state index contributed by atoms with van der Waals surface area (Å²) in [5.74, 6) is 0. The fourth-order valence-electron chi connectivity index (χ4n) is 2.67. The highest BCUT2D eigenvalue weighted by Crippen LogP contribution is 2.39. The molecule has 3 aromatic carbocycles. The molecule has 0 aliphatic heterocycles. The molecule has 3 aromatic rings. The van der Waals surface area contributed by atoms with Crippen molar-refractivity contribution in [2.24, 2.45) is 0 Å². The Labute approximate surface area is 107 Å². The Kier molecular flexibility index (Phi) is 2.56. The van der Waals surface area contributed by atoms with Crippen LogP contribution in [-0.4, -0.2) is 14.1 Å². The van der Waals surface area contributed by atoms with Crippen molar-refractivity contribution in [1.82, 2.24) is 0 Å². The van der Waals surface area contributed by atoms with E-state index in [4.69, 9.17) is 0 Å². The molecule has 0 aromatic heterocycles. The number of hydrogen-bond acceptors (Lipinski definition) is 2. The molecular weight excluding hydrogens is 220 g/mol. The zero-order chi connectivity index (χ0) is 12.5. The van der Waals surface area contributed by atoms with Gasteiger partial charge in [0, 0.05) is 47.0 Å². The summed E-state index contributed by atoms with van der Waals surface area (Å²) in [6, 6.07) is 17.0. The second kappa shape index (κ2) is 4.22. The second-order valence-corrected chi connectivity index (χ2v) is 4.34. The minimum atomic E-state index is 1.19. The number of fused-ring (bicyclic) bond motifs is 2. The molecule has 0 fully saturated rings. The van der Waals surface area contributed by atoms with Gasteiger partial charge < -0.3 is 10.6 Å². The summed E-state index contributed by atoms with van der Waals surface area (Å²) in [6.07, 6.45) is 0. The van der Waals surface area contributed by atoms with Crippen molar-refractivity contribution in [1.29, 1.82) is 0 Å². The predicted molar refractivity (Wildman–Crippen MR) is 80.5 cm³/mol. The smallest absolute Gasteiger partial charge is 0.0498 e. The van der Waals surface area contributed by atoms with Crippen molar-refractivity contribution >= 4 is 32.9 Å². The van der Waals surface area contributed by atoms with Gasteiger partial charge in [-0.05, 0) is 0 Å². The van der Waals surface area contributed by atoms with E-state index in [0.717, 1.165) is 0 Å². The Bertz CT molecular complexity index is 598. The molecule has 0 radical (unpaired) electrons. The van der Waals surface area contributed by atoms with Gasteiger partial charge in [-0.15, -0.1) is 0 Å². The van der Waals surface area contributed by atoms with Gasteiger partial charge in [0.15, 0.2) is 0 Å². The van der Waals surface area contributed by atoms with Gasteiger partial charge >= 0.3 is 0 Å². The van der Waals surface area contributed by atoms with Gasteiger partial charge in [-0.1, -0.05) is 48.5 Å². The molecule has 0 saturated heterocycles. The lowest BCUT2D eigenvalue weighted by atomic mass is 9.98. The van der Waals surface area contributed by atoms with E-state index in [9.17, 15) is 0 Å². The van der Waals surface area contributed by atoms with Gasteiger partial charge in [-0.25, -0.2) is 0 Å². The lowest BCUT2D eigenvalue weighted by molar-refractivity contribution is 1.54. The predicted octanol–water partition coefficient (Wildman–Crippen LogP) is 4.08. The Hall–Kier alpha value is -2.22. The van der Waals surface area contributed by atoms with Crippen LogP contribution in [0.4, 0.5) is 11.4 Å². The highest BCUT2D eigenvalue weighted by atomic mass is 14.8. The SMILES string of the molecule is CNc1c2ccccc2c(NC)c2ccccc12. The molecule has 2 heteroatoms. The summed E-state index contributed by atoms with van der Waals surface area (Å²) in [5.41, 5.74) is 2.39. The van der Waals surface area contributed by atoms with Crippen LogP contribution >= 0.6 is 0 Å². The zero-order valence-corrected chi connectivity index (χ0v) is 10.6. The van der Waals surface area contributed by atoms with E-state index in [1.165, 1.54) is 32.9 Å². The average Bonchev–Trinajstić information content (AvgIpc) is 2.44. The third kappa shape index (κ3) is 1.42. The summed E-state index contributed by atoms with van der Waals surface area (Å²) >= 11 is 0. The second-order valence-electron chi connectivity index (χ2n) is 4.34. The first-order chi connectivity index (χ1) is 8.86. The Morgan fingerprint density at radius 3 is 1.06 bits per heavy atom. The van der Waals surface area contributed by atoms with E-state index < -0.39 is 0 Å². The number of benzene rings is 3. The molecule has 0 amide bonds. The summed E-state index contributed by atoms with van der Waals surface area (Å²) in [5, 5.41) is 11.7. The molecule has 0 aliphatic rings. The van der Waals surface area contributed by atoms with Crippen LogP contribution in [0.15, 0.2) is 48.5 Å². The van der Waals surface area contributed by atoms with Gasteiger partial charge in [0.2, 0.25) is 0 Å². The van der Waals surface area contributed by atoms with Crippen molar-refractivity contribution in [3.63, 3.8) is 0 Å². The summed E-state index contributed by atoms with van der Waals surface area (Å²) < 4.78 is 0. The maximum absolute atomic E-state index is 3.34. The maximum Gasteiger partial charge on any atom is 0.0498 e. The molecule has 0 unspecified atom stereocenters. The van der Waals surface area contributed by atoms with Crippen molar-refractivity contribution in [3.8, 4) is 0 Å². The van der Waals surface area contributed by atoms with Gasteiger partial charge in [-0.3, -0.25) is 0 Å². The molecule has 0 heterocycles. The number of anilines is 2. The van der Waals surface area contributed by atoms with E-state index in [1.54, 1.807) is 0 Å². The lowest BCUT2D eigenvalue weighted by Gasteiger charge is -2.15. The Morgan fingerprint density at radius 2 is 0.833 bits per heavy atom. The Morgan fingerprint density at radius 1 is 0.556 bits per heavy atom. The molecule has 3 rings (SSSR count). The zero-order valence-electron chi connectivity index (χ0n) is 10.6. The third-order valence-electron chi connectivity index (χ3n) is 3.43. The van der Waals surface area contributed by atoms with Crippen molar-refractivity contribution in [2.75, 3.05) is 24.7 Å². The van der Waals surface area contributed by atoms with Crippen LogP contribution in [0, 0.1) is 0 Å². The van der Waals surface area contributed by atoms with Gasteiger partial charge in [0.05, 0.1) is 0 Å². The normalized spacial score (nSPS) is 10.8. The van der Waals surface area contributed by atoms with Crippen LogP contribution in [0.1, 0.15) is 0 Å². The molecule has 0 aliphatic carbocycles. The van der Waals surface area contributed by atoms with E-state index in [1.807, 2.05) is 14.1 Å². The van der Waals surface area contributed by atoms with Crippen LogP contribution in [0.25, 0.3) is 21.5 Å². The standard InChI is InChI=1S/C16H16N2/c1-17-15-11-7-3-5-9-13(11)16(18-2)14-10-6-4-8-12(14)15/h3-10,17-18H,1-2H3. The molecule has 18 heavy (non-hydrogen) atoms. The van der Waals surface area contributed by atoms with Gasteiger partial charge in [0.1, 0.15) is 0 Å². The monoisotopic (exact) mass is 236 g/mol. The molecule has 90 valence electrons.